The van der Waals surface area contributed by atoms with Crippen molar-refractivity contribution in [1.29, 1.82) is 0 Å². The fourth-order valence-corrected chi connectivity index (χ4v) is 2.68. The Balaban J connectivity index is 2.46. The Morgan fingerprint density at radius 2 is 1.89 bits per heavy atom. The van der Waals surface area contributed by atoms with Gasteiger partial charge in [0.25, 0.3) is 0 Å². The number of sulfone groups is 1. The van der Waals surface area contributed by atoms with Gasteiger partial charge in [0.05, 0.1) is 11.0 Å². The molecule has 0 aliphatic carbocycles. The van der Waals surface area contributed by atoms with Crippen LogP contribution in [0.4, 0.5) is 0 Å². The minimum Gasteiger partial charge on any atom is -0.493 e. The fraction of sp³-hybridized carbons (Fsp3) is 0.538. The molecule has 0 heterocycles. The molecular formula is C13H21NO3S. The maximum absolute atomic E-state index is 11.8. The van der Waals surface area contributed by atoms with Gasteiger partial charge in [-0.05, 0) is 31.0 Å². The van der Waals surface area contributed by atoms with Crippen molar-refractivity contribution in [2.75, 3.05) is 12.4 Å². The van der Waals surface area contributed by atoms with Gasteiger partial charge in [0.15, 0.2) is 9.84 Å². The molecule has 2 N–H and O–H groups in total. The molecule has 0 radical (unpaired) electrons. The highest BCUT2D eigenvalue weighted by Crippen LogP contribution is 2.12. The monoisotopic (exact) mass is 271 g/mol. The molecule has 0 aliphatic rings. The zero-order valence-corrected chi connectivity index (χ0v) is 11.7. The van der Waals surface area contributed by atoms with Gasteiger partial charge in [0.1, 0.15) is 12.4 Å². The van der Waals surface area contributed by atoms with Crippen molar-refractivity contribution in [1.82, 2.24) is 0 Å². The van der Waals surface area contributed by atoms with E-state index in [1.54, 1.807) is 19.1 Å². The van der Waals surface area contributed by atoms with Crippen LogP contribution in [0.1, 0.15) is 25.8 Å². The fourth-order valence-electron chi connectivity index (χ4n) is 1.45. The molecule has 0 spiro atoms. The maximum Gasteiger partial charge on any atom is 0.156 e. The van der Waals surface area contributed by atoms with Crippen LogP contribution in [-0.2, 0) is 16.4 Å². The van der Waals surface area contributed by atoms with Crippen molar-refractivity contribution in [3.63, 3.8) is 0 Å². The van der Waals surface area contributed by atoms with E-state index in [4.69, 9.17) is 10.5 Å². The Hall–Kier alpha value is -1.07. The molecule has 0 aliphatic heterocycles. The van der Waals surface area contributed by atoms with E-state index in [2.05, 4.69) is 0 Å². The Morgan fingerprint density at radius 1 is 1.28 bits per heavy atom. The third-order valence-electron chi connectivity index (χ3n) is 2.98. The highest BCUT2D eigenvalue weighted by molar-refractivity contribution is 7.92. The van der Waals surface area contributed by atoms with Crippen LogP contribution in [0.2, 0.25) is 0 Å². The standard InChI is InChI=1S/C13H21NO3S/c1-3-11(2)18(15,16)9-8-17-13-6-4-12(10-14)5-7-13/h4-7,11H,3,8-10,14H2,1-2H3. The van der Waals surface area contributed by atoms with Gasteiger partial charge in [0.2, 0.25) is 0 Å². The molecule has 18 heavy (non-hydrogen) atoms. The molecule has 102 valence electrons. The van der Waals surface area contributed by atoms with Crippen LogP contribution in [0.5, 0.6) is 5.75 Å². The molecule has 0 saturated carbocycles. The topological polar surface area (TPSA) is 69.4 Å². The van der Waals surface area contributed by atoms with Gasteiger partial charge < -0.3 is 10.5 Å². The third kappa shape index (κ3) is 4.31. The number of ether oxygens (including phenoxy) is 1. The molecule has 0 amide bonds. The lowest BCUT2D eigenvalue weighted by Crippen LogP contribution is -2.23. The van der Waals surface area contributed by atoms with E-state index in [-0.39, 0.29) is 17.6 Å². The van der Waals surface area contributed by atoms with E-state index in [1.165, 1.54) is 0 Å². The predicted octanol–water partition coefficient (Wildman–Crippen LogP) is 1.74. The Kier molecular flexibility index (Phi) is 5.62. The zero-order valence-electron chi connectivity index (χ0n) is 10.9. The second-order valence-corrected chi connectivity index (χ2v) is 6.82. The Morgan fingerprint density at radius 3 is 2.39 bits per heavy atom. The molecule has 0 bridgehead atoms. The van der Waals surface area contributed by atoms with Crippen molar-refractivity contribution < 1.29 is 13.2 Å². The molecule has 1 aromatic rings. The summed E-state index contributed by atoms with van der Waals surface area (Å²) in [7, 11) is -3.04. The normalized spacial score (nSPS) is 13.3. The van der Waals surface area contributed by atoms with Gasteiger partial charge in [-0.25, -0.2) is 8.42 Å². The molecule has 0 saturated heterocycles. The second-order valence-electron chi connectivity index (χ2n) is 4.28. The summed E-state index contributed by atoms with van der Waals surface area (Å²) in [6.45, 7) is 4.28. The van der Waals surface area contributed by atoms with Gasteiger partial charge in [-0.15, -0.1) is 0 Å². The summed E-state index contributed by atoms with van der Waals surface area (Å²) in [6.07, 6.45) is 0.632. The zero-order chi connectivity index (χ0) is 13.6. The summed E-state index contributed by atoms with van der Waals surface area (Å²) in [6, 6.07) is 7.35. The van der Waals surface area contributed by atoms with Crippen molar-refractivity contribution >= 4 is 9.84 Å². The first-order valence-corrected chi connectivity index (χ1v) is 7.84. The molecule has 1 atom stereocenters. The lowest BCUT2D eigenvalue weighted by Gasteiger charge is -2.11. The summed E-state index contributed by atoms with van der Waals surface area (Å²) in [5.41, 5.74) is 6.51. The van der Waals surface area contributed by atoms with Gasteiger partial charge >= 0.3 is 0 Å². The molecule has 1 unspecified atom stereocenters. The second kappa shape index (κ2) is 6.75. The number of benzene rings is 1. The summed E-state index contributed by atoms with van der Waals surface area (Å²) >= 11 is 0. The number of nitrogens with two attached hydrogens (primary N) is 1. The molecule has 4 nitrogen and oxygen atoms in total. The number of hydrogen-bond acceptors (Lipinski definition) is 4. The van der Waals surface area contributed by atoms with Gasteiger partial charge in [-0.2, -0.15) is 0 Å². The molecule has 1 aromatic carbocycles. The quantitative estimate of drug-likeness (QED) is 0.820. The summed E-state index contributed by atoms with van der Waals surface area (Å²) < 4.78 is 28.9. The van der Waals surface area contributed by atoms with Crippen molar-refractivity contribution in [2.45, 2.75) is 32.1 Å². The van der Waals surface area contributed by atoms with E-state index in [0.717, 1.165) is 5.56 Å². The molecule has 0 aromatic heterocycles. The maximum atomic E-state index is 11.8. The lowest BCUT2D eigenvalue weighted by molar-refractivity contribution is 0.340. The average Bonchev–Trinajstić information content (AvgIpc) is 2.38. The van der Waals surface area contributed by atoms with Crippen molar-refractivity contribution in [3.8, 4) is 5.75 Å². The van der Waals surface area contributed by atoms with Crippen LogP contribution in [0, 0.1) is 0 Å². The third-order valence-corrected chi connectivity index (χ3v) is 5.28. The first kappa shape index (κ1) is 15.0. The highest BCUT2D eigenvalue weighted by Gasteiger charge is 2.18. The first-order valence-electron chi connectivity index (χ1n) is 6.13. The van der Waals surface area contributed by atoms with Crippen molar-refractivity contribution in [3.05, 3.63) is 29.8 Å². The van der Waals surface area contributed by atoms with Gasteiger partial charge in [0, 0.05) is 6.54 Å². The molecular weight excluding hydrogens is 250 g/mol. The predicted molar refractivity (Wildman–Crippen MR) is 73.4 cm³/mol. The molecule has 5 heteroatoms. The number of rotatable bonds is 7. The van der Waals surface area contributed by atoms with Crippen LogP contribution < -0.4 is 10.5 Å². The Labute approximate surface area is 109 Å². The lowest BCUT2D eigenvalue weighted by atomic mass is 10.2. The van der Waals surface area contributed by atoms with Crippen LogP contribution in [0.25, 0.3) is 0 Å². The summed E-state index contributed by atoms with van der Waals surface area (Å²) in [4.78, 5) is 0. The average molecular weight is 271 g/mol. The van der Waals surface area contributed by atoms with Crippen LogP contribution in [-0.4, -0.2) is 26.0 Å². The SMILES string of the molecule is CCC(C)S(=O)(=O)CCOc1ccc(CN)cc1. The van der Waals surface area contributed by atoms with Crippen LogP contribution in [0.15, 0.2) is 24.3 Å². The highest BCUT2D eigenvalue weighted by atomic mass is 32.2. The molecule has 1 rings (SSSR count). The first-order chi connectivity index (χ1) is 8.49. The smallest absolute Gasteiger partial charge is 0.156 e. The van der Waals surface area contributed by atoms with E-state index in [9.17, 15) is 8.42 Å². The van der Waals surface area contributed by atoms with Crippen molar-refractivity contribution in [2.24, 2.45) is 5.73 Å². The van der Waals surface area contributed by atoms with E-state index >= 15 is 0 Å². The van der Waals surface area contributed by atoms with Crippen LogP contribution >= 0.6 is 0 Å². The van der Waals surface area contributed by atoms with E-state index < -0.39 is 9.84 Å². The molecule has 0 fully saturated rings. The van der Waals surface area contributed by atoms with E-state index in [1.807, 2.05) is 19.1 Å². The Bertz CT molecular complexity index is 454. The van der Waals surface area contributed by atoms with E-state index in [0.29, 0.717) is 18.7 Å². The summed E-state index contributed by atoms with van der Waals surface area (Å²) in [5, 5.41) is -0.305. The minimum atomic E-state index is -3.04. The largest absolute Gasteiger partial charge is 0.493 e. The van der Waals surface area contributed by atoms with Gasteiger partial charge in [-0.3, -0.25) is 0 Å². The van der Waals surface area contributed by atoms with Crippen LogP contribution in [0.3, 0.4) is 0 Å². The summed E-state index contributed by atoms with van der Waals surface area (Å²) in [5.74, 6) is 0.729. The number of hydrogen-bond donors (Lipinski definition) is 1. The van der Waals surface area contributed by atoms with Gasteiger partial charge in [-0.1, -0.05) is 19.1 Å². The minimum absolute atomic E-state index is 0.0562.